The number of hydrogen-bond donors (Lipinski definition) is 1. The first-order valence-corrected chi connectivity index (χ1v) is 9.21. The summed E-state index contributed by atoms with van der Waals surface area (Å²) in [6.45, 7) is 2.35. The fourth-order valence-electron chi connectivity index (χ4n) is 2.96. The van der Waals surface area contributed by atoms with Crippen molar-refractivity contribution in [3.8, 4) is 11.3 Å². The van der Waals surface area contributed by atoms with Crippen molar-refractivity contribution in [2.45, 2.75) is 13.3 Å². The molecule has 1 aromatic carbocycles. The minimum Gasteiger partial charge on any atom is -0.338 e. The number of benzene rings is 1. The molecule has 26 heavy (non-hydrogen) atoms. The number of nitrogens with zero attached hydrogens (tertiary/aromatic N) is 2. The maximum absolute atomic E-state index is 12.5. The van der Waals surface area contributed by atoms with E-state index in [0.717, 1.165) is 16.8 Å². The first kappa shape index (κ1) is 16.5. The Balaban J connectivity index is 1.43. The highest BCUT2D eigenvalue weighted by Gasteiger charge is 2.35. The third kappa shape index (κ3) is 3.25. The second-order valence-electron chi connectivity index (χ2n) is 6.32. The van der Waals surface area contributed by atoms with E-state index in [1.54, 1.807) is 22.3 Å². The van der Waals surface area contributed by atoms with Crippen LogP contribution in [0.2, 0.25) is 0 Å². The smallest absolute Gasteiger partial charge is 0.232 e. The summed E-state index contributed by atoms with van der Waals surface area (Å²) in [6.07, 6.45) is 0.186. The molecule has 0 aliphatic carbocycles. The van der Waals surface area contributed by atoms with Crippen LogP contribution < -0.4 is 10.2 Å². The monoisotopic (exact) mass is 367 g/mol. The molecule has 0 radical (unpaired) electrons. The quantitative estimate of drug-likeness (QED) is 0.763. The lowest BCUT2D eigenvalue weighted by Gasteiger charge is -2.16. The second kappa shape index (κ2) is 6.76. The number of nitrogens with one attached hydrogen (secondary N) is 1. The van der Waals surface area contributed by atoms with Gasteiger partial charge in [0.1, 0.15) is 5.69 Å². The van der Waals surface area contributed by atoms with E-state index in [4.69, 9.17) is 4.52 Å². The summed E-state index contributed by atoms with van der Waals surface area (Å²) in [5.41, 5.74) is 3.56. The highest BCUT2D eigenvalue weighted by molar-refractivity contribution is 7.08. The Morgan fingerprint density at radius 2 is 2.12 bits per heavy atom. The topological polar surface area (TPSA) is 75.4 Å². The maximum atomic E-state index is 12.5. The lowest BCUT2D eigenvalue weighted by atomic mass is 10.1. The lowest BCUT2D eigenvalue weighted by molar-refractivity contribution is -0.122. The van der Waals surface area contributed by atoms with Crippen LogP contribution in [0.5, 0.6) is 0 Å². The fourth-order valence-corrected chi connectivity index (χ4v) is 3.61. The molecule has 2 amide bonds. The van der Waals surface area contributed by atoms with Gasteiger partial charge in [-0.25, -0.2) is 0 Å². The SMILES string of the molecule is Cc1ccc(N2C[C@@H](C(=O)Nc3cc(-c4ccsc4)no3)CC2=O)cc1. The van der Waals surface area contributed by atoms with Gasteiger partial charge < -0.3 is 9.42 Å². The Morgan fingerprint density at radius 3 is 2.85 bits per heavy atom. The maximum Gasteiger partial charge on any atom is 0.232 e. The van der Waals surface area contributed by atoms with Gasteiger partial charge in [-0.3, -0.25) is 14.9 Å². The first-order valence-electron chi connectivity index (χ1n) is 8.27. The van der Waals surface area contributed by atoms with Gasteiger partial charge in [-0.1, -0.05) is 22.9 Å². The van der Waals surface area contributed by atoms with E-state index in [1.807, 2.05) is 48.0 Å². The summed E-state index contributed by atoms with van der Waals surface area (Å²) in [4.78, 5) is 26.5. The van der Waals surface area contributed by atoms with E-state index in [1.165, 1.54) is 0 Å². The first-order chi connectivity index (χ1) is 12.6. The molecule has 7 heteroatoms. The van der Waals surface area contributed by atoms with Crippen LogP contribution in [-0.2, 0) is 9.59 Å². The van der Waals surface area contributed by atoms with Crippen molar-refractivity contribution in [2.75, 3.05) is 16.8 Å². The normalized spacial score (nSPS) is 16.9. The number of aromatic nitrogens is 1. The third-order valence-electron chi connectivity index (χ3n) is 4.41. The van der Waals surface area contributed by atoms with E-state index in [9.17, 15) is 9.59 Å². The van der Waals surface area contributed by atoms with Gasteiger partial charge >= 0.3 is 0 Å². The molecule has 1 saturated heterocycles. The molecule has 1 atom stereocenters. The predicted octanol–water partition coefficient (Wildman–Crippen LogP) is 3.70. The average molecular weight is 367 g/mol. The van der Waals surface area contributed by atoms with E-state index in [0.29, 0.717) is 12.2 Å². The third-order valence-corrected chi connectivity index (χ3v) is 5.10. The number of thiophene rings is 1. The van der Waals surface area contributed by atoms with Gasteiger partial charge in [0.15, 0.2) is 0 Å². The zero-order chi connectivity index (χ0) is 18.1. The molecule has 1 aliphatic heterocycles. The van der Waals surface area contributed by atoms with Crippen molar-refractivity contribution >= 4 is 34.7 Å². The van der Waals surface area contributed by atoms with E-state index in [-0.39, 0.29) is 24.1 Å². The fraction of sp³-hybridized carbons (Fsp3) is 0.211. The zero-order valence-electron chi connectivity index (χ0n) is 14.1. The molecule has 6 nitrogen and oxygen atoms in total. The molecule has 1 fully saturated rings. The minimum absolute atomic E-state index is 0.0504. The van der Waals surface area contributed by atoms with E-state index < -0.39 is 5.92 Å². The minimum atomic E-state index is -0.418. The highest BCUT2D eigenvalue weighted by Crippen LogP contribution is 2.27. The van der Waals surface area contributed by atoms with Crippen LogP contribution in [0.4, 0.5) is 11.6 Å². The second-order valence-corrected chi connectivity index (χ2v) is 7.10. The standard InChI is InChI=1S/C19H17N3O3S/c1-12-2-4-15(5-3-12)22-10-14(8-18(22)23)19(24)20-17-9-16(21-25-17)13-6-7-26-11-13/h2-7,9,11,14H,8,10H2,1H3,(H,20,24)/t14-/m0/s1. The van der Waals surface area contributed by atoms with Crippen LogP contribution in [0, 0.1) is 12.8 Å². The molecule has 2 aromatic heterocycles. The lowest BCUT2D eigenvalue weighted by Crippen LogP contribution is -2.28. The van der Waals surface area contributed by atoms with Crippen molar-refractivity contribution in [3.63, 3.8) is 0 Å². The number of anilines is 2. The van der Waals surface area contributed by atoms with Crippen molar-refractivity contribution in [1.82, 2.24) is 5.16 Å². The van der Waals surface area contributed by atoms with Crippen molar-refractivity contribution in [2.24, 2.45) is 5.92 Å². The molecular weight excluding hydrogens is 350 g/mol. The average Bonchev–Trinajstić information content (AvgIpc) is 3.36. The highest BCUT2D eigenvalue weighted by atomic mass is 32.1. The molecule has 3 heterocycles. The van der Waals surface area contributed by atoms with E-state index >= 15 is 0 Å². The Bertz CT molecular complexity index is 931. The largest absolute Gasteiger partial charge is 0.338 e. The number of hydrogen-bond acceptors (Lipinski definition) is 5. The number of amides is 2. The molecule has 0 unspecified atom stereocenters. The molecule has 3 aromatic rings. The summed E-state index contributed by atoms with van der Waals surface area (Å²) in [5, 5.41) is 10.6. The van der Waals surface area contributed by atoms with Gasteiger partial charge in [-0.2, -0.15) is 11.3 Å². The number of carbonyl (C=O) groups excluding carboxylic acids is 2. The van der Waals surface area contributed by atoms with Gasteiger partial charge in [0, 0.05) is 35.7 Å². The van der Waals surface area contributed by atoms with Gasteiger partial charge in [-0.15, -0.1) is 0 Å². The van der Waals surface area contributed by atoms with Crippen LogP contribution in [0.1, 0.15) is 12.0 Å². The summed E-state index contributed by atoms with van der Waals surface area (Å²) >= 11 is 1.57. The van der Waals surface area contributed by atoms with Gasteiger partial charge in [0.05, 0.1) is 5.92 Å². The Labute approximate surface area is 154 Å². The predicted molar refractivity (Wildman–Crippen MR) is 100 cm³/mol. The molecule has 4 rings (SSSR count). The van der Waals surface area contributed by atoms with Crippen molar-refractivity contribution in [3.05, 3.63) is 52.7 Å². The van der Waals surface area contributed by atoms with Crippen LogP contribution in [0.3, 0.4) is 0 Å². The van der Waals surface area contributed by atoms with E-state index in [2.05, 4.69) is 10.5 Å². The Morgan fingerprint density at radius 1 is 1.31 bits per heavy atom. The molecular formula is C19H17N3O3S. The van der Waals surface area contributed by atoms with Crippen LogP contribution in [-0.4, -0.2) is 23.5 Å². The Hall–Kier alpha value is -2.93. The zero-order valence-corrected chi connectivity index (χ0v) is 15.0. The van der Waals surface area contributed by atoms with Crippen molar-refractivity contribution < 1.29 is 14.1 Å². The van der Waals surface area contributed by atoms with Crippen molar-refractivity contribution in [1.29, 1.82) is 0 Å². The summed E-state index contributed by atoms with van der Waals surface area (Å²) in [6, 6.07) is 11.3. The summed E-state index contributed by atoms with van der Waals surface area (Å²) < 4.78 is 5.19. The molecule has 0 bridgehead atoms. The molecule has 132 valence electrons. The van der Waals surface area contributed by atoms with Gasteiger partial charge in [-0.05, 0) is 30.5 Å². The molecule has 1 N–H and O–H groups in total. The number of carbonyl (C=O) groups is 2. The summed E-state index contributed by atoms with van der Waals surface area (Å²) in [7, 11) is 0. The number of rotatable bonds is 4. The molecule has 1 aliphatic rings. The van der Waals surface area contributed by atoms with Gasteiger partial charge in [0.25, 0.3) is 0 Å². The Kier molecular flexibility index (Phi) is 4.30. The summed E-state index contributed by atoms with van der Waals surface area (Å²) in [5.74, 6) is -0.414. The van der Waals surface area contributed by atoms with Crippen LogP contribution in [0.15, 0.2) is 51.7 Å². The molecule has 0 spiro atoms. The van der Waals surface area contributed by atoms with Crippen LogP contribution >= 0.6 is 11.3 Å². The number of aryl methyl sites for hydroxylation is 1. The van der Waals surface area contributed by atoms with Gasteiger partial charge in [0.2, 0.25) is 17.7 Å². The van der Waals surface area contributed by atoms with Crippen LogP contribution in [0.25, 0.3) is 11.3 Å². The molecule has 0 saturated carbocycles.